The van der Waals surface area contributed by atoms with Crippen molar-refractivity contribution < 1.29 is 0 Å². The summed E-state index contributed by atoms with van der Waals surface area (Å²) in [4.78, 5) is 4.41. The molecule has 1 aliphatic heterocycles. The van der Waals surface area contributed by atoms with Gasteiger partial charge in [-0.05, 0) is 49.1 Å². The van der Waals surface area contributed by atoms with Gasteiger partial charge in [-0.15, -0.1) is 11.3 Å². The van der Waals surface area contributed by atoms with Crippen molar-refractivity contribution in [2.45, 2.75) is 58.2 Å². The van der Waals surface area contributed by atoms with Gasteiger partial charge in [0.05, 0.1) is 0 Å². The molecule has 3 heteroatoms. The van der Waals surface area contributed by atoms with Crippen molar-refractivity contribution >= 4 is 11.3 Å². The number of thiophene rings is 1. The zero-order chi connectivity index (χ0) is 13.4. The van der Waals surface area contributed by atoms with Crippen LogP contribution in [0.5, 0.6) is 0 Å². The van der Waals surface area contributed by atoms with Gasteiger partial charge >= 0.3 is 0 Å². The summed E-state index contributed by atoms with van der Waals surface area (Å²) in [6.07, 6.45) is 4.01. The van der Waals surface area contributed by atoms with E-state index in [1.807, 2.05) is 11.3 Å². The van der Waals surface area contributed by atoms with Crippen LogP contribution in [-0.2, 0) is 6.42 Å². The van der Waals surface area contributed by atoms with Gasteiger partial charge in [-0.1, -0.05) is 13.8 Å². The normalized spacial score (nSPS) is 32.5. The Labute approximate surface area is 121 Å². The monoisotopic (exact) mass is 278 g/mol. The zero-order valence-corrected chi connectivity index (χ0v) is 13.2. The van der Waals surface area contributed by atoms with E-state index in [4.69, 9.17) is 0 Å². The van der Waals surface area contributed by atoms with Crippen molar-refractivity contribution in [2.24, 2.45) is 5.92 Å². The molecule has 1 fully saturated rings. The van der Waals surface area contributed by atoms with Gasteiger partial charge in [-0.2, -0.15) is 0 Å². The van der Waals surface area contributed by atoms with Crippen molar-refractivity contribution in [3.63, 3.8) is 0 Å². The van der Waals surface area contributed by atoms with Gasteiger partial charge in [-0.25, -0.2) is 0 Å². The van der Waals surface area contributed by atoms with Crippen LogP contribution in [0.15, 0.2) is 11.4 Å². The third-order valence-electron chi connectivity index (χ3n) is 4.87. The molecule has 2 aliphatic rings. The summed E-state index contributed by atoms with van der Waals surface area (Å²) >= 11 is 1.96. The molecule has 1 aromatic heterocycles. The second-order valence-electron chi connectivity index (χ2n) is 6.51. The summed E-state index contributed by atoms with van der Waals surface area (Å²) in [6.45, 7) is 9.40. The Morgan fingerprint density at radius 1 is 1.42 bits per heavy atom. The van der Waals surface area contributed by atoms with Crippen molar-refractivity contribution in [2.75, 3.05) is 13.1 Å². The van der Waals surface area contributed by atoms with E-state index in [0.717, 1.165) is 12.5 Å². The molecule has 0 radical (unpaired) electrons. The lowest BCUT2D eigenvalue weighted by molar-refractivity contribution is 0.0695. The lowest BCUT2D eigenvalue weighted by Crippen LogP contribution is -2.58. The Morgan fingerprint density at radius 2 is 2.26 bits per heavy atom. The minimum absolute atomic E-state index is 0.653. The smallest absolute Gasteiger partial charge is 0.0363 e. The molecule has 1 aromatic rings. The number of nitrogens with one attached hydrogen (secondary N) is 1. The third-order valence-corrected chi connectivity index (χ3v) is 5.87. The van der Waals surface area contributed by atoms with E-state index in [1.165, 1.54) is 25.8 Å². The fraction of sp³-hybridized carbons (Fsp3) is 0.750. The summed E-state index contributed by atoms with van der Waals surface area (Å²) < 4.78 is 0. The van der Waals surface area contributed by atoms with E-state index in [0.29, 0.717) is 18.1 Å². The molecule has 3 rings (SSSR count). The highest BCUT2D eigenvalue weighted by molar-refractivity contribution is 7.10. The Kier molecular flexibility index (Phi) is 3.97. The molecule has 106 valence electrons. The van der Waals surface area contributed by atoms with Gasteiger partial charge in [0.15, 0.2) is 0 Å². The average molecular weight is 278 g/mol. The van der Waals surface area contributed by atoms with Crippen LogP contribution in [0, 0.1) is 5.92 Å². The van der Waals surface area contributed by atoms with E-state index in [2.05, 4.69) is 42.4 Å². The number of fused-ring (bicyclic) bond motifs is 1. The topological polar surface area (TPSA) is 15.3 Å². The van der Waals surface area contributed by atoms with E-state index >= 15 is 0 Å². The van der Waals surface area contributed by atoms with Gasteiger partial charge in [0.25, 0.3) is 0 Å². The summed E-state index contributed by atoms with van der Waals surface area (Å²) in [5, 5.41) is 6.00. The number of hydrogen-bond donors (Lipinski definition) is 1. The van der Waals surface area contributed by atoms with Gasteiger partial charge < -0.3 is 5.32 Å². The number of hydrogen-bond acceptors (Lipinski definition) is 3. The molecule has 3 unspecified atom stereocenters. The SMILES string of the molecule is CC(C)C1CN(C2CCCc3sccc32)C(C)CN1. The second-order valence-corrected chi connectivity index (χ2v) is 7.51. The molecular weight excluding hydrogens is 252 g/mol. The summed E-state index contributed by atoms with van der Waals surface area (Å²) in [5.74, 6) is 0.723. The van der Waals surface area contributed by atoms with Crippen LogP contribution in [0.1, 0.15) is 50.1 Å². The van der Waals surface area contributed by atoms with Crippen LogP contribution in [0.25, 0.3) is 0 Å². The second kappa shape index (κ2) is 5.55. The quantitative estimate of drug-likeness (QED) is 0.891. The Morgan fingerprint density at radius 3 is 3.05 bits per heavy atom. The molecule has 1 saturated heterocycles. The van der Waals surface area contributed by atoms with Gasteiger partial charge in [-0.3, -0.25) is 4.90 Å². The summed E-state index contributed by atoms with van der Waals surface area (Å²) in [7, 11) is 0. The first kappa shape index (κ1) is 13.6. The van der Waals surface area contributed by atoms with Gasteiger partial charge in [0, 0.05) is 36.1 Å². The standard InChI is InChI=1S/C16H26N2S/c1-11(2)14-10-18(12(3)9-17-14)15-5-4-6-16-13(15)7-8-19-16/h7-8,11-12,14-15,17H,4-6,9-10H2,1-3H3. The van der Waals surface area contributed by atoms with Crippen molar-refractivity contribution in [1.29, 1.82) is 0 Å². The van der Waals surface area contributed by atoms with Crippen LogP contribution in [0.3, 0.4) is 0 Å². The predicted molar refractivity (Wildman–Crippen MR) is 82.8 cm³/mol. The van der Waals surface area contributed by atoms with Crippen LogP contribution in [-0.4, -0.2) is 30.1 Å². The molecule has 0 amide bonds. The van der Waals surface area contributed by atoms with E-state index in [9.17, 15) is 0 Å². The molecule has 0 bridgehead atoms. The van der Waals surface area contributed by atoms with Crippen LogP contribution in [0.4, 0.5) is 0 Å². The number of aryl methyl sites for hydroxylation is 1. The third kappa shape index (κ3) is 2.61. The Balaban J connectivity index is 1.81. The van der Waals surface area contributed by atoms with Crippen LogP contribution in [0.2, 0.25) is 0 Å². The fourth-order valence-electron chi connectivity index (χ4n) is 3.60. The van der Waals surface area contributed by atoms with E-state index < -0.39 is 0 Å². The highest BCUT2D eigenvalue weighted by Gasteiger charge is 2.34. The average Bonchev–Trinajstić information content (AvgIpc) is 2.87. The first-order valence-corrected chi connectivity index (χ1v) is 8.60. The van der Waals surface area contributed by atoms with Crippen LogP contribution >= 0.6 is 11.3 Å². The number of piperazine rings is 1. The lowest BCUT2D eigenvalue weighted by Gasteiger charge is -2.45. The summed E-state index contributed by atoms with van der Waals surface area (Å²) in [6, 6.07) is 4.36. The Bertz CT molecular complexity index is 426. The van der Waals surface area contributed by atoms with E-state index in [-0.39, 0.29) is 0 Å². The maximum absolute atomic E-state index is 3.72. The molecule has 1 aliphatic carbocycles. The van der Waals surface area contributed by atoms with Gasteiger partial charge in [0.2, 0.25) is 0 Å². The summed E-state index contributed by atoms with van der Waals surface area (Å²) in [5.41, 5.74) is 1.63. The first-order valence-electron chi connectivity index (χ1n) is 7.72. The largest absolute Gasteiger partial charge is 0.311 e. The van der Waals surface area contributed by atoms with Crippen molar-refractivity contribution in [1.82, 2.24) is 10.2 Å². The molecule has 2 heterocycles. The zero-order valence-electron chi connectivity index (χ0n) is 12.4. The minimum Gasteiger partial charge on any atom is -0.311 e. The number of rotatable bonds is 2. The maximum Gasteiger partial charge on any atom is 0.0363 e. The van der Waals surface area contributed by atoms with Crippen molar-refractivity contribution in [3.8, 4) is 0 Å². The van der Waals surface area contributed by atoms with E-state index in [1.54, 1.807) is 10.4 Å². The molecule has 1 N–H and O–H groups in total. The maximum atomic E-state index is 3.72. The molecule has 0 spiro atoms. The molecule has 19 heavy (non-hydrogen) atoms. The number of nitrogens with zero attached hydrogens (tertiary/aromatic N) is 1. The lowest BCUT2D eigenvalue weighted by atomic mass is 9.89. The van der Waals surface area contributed by atoms with Gasteiger partial charge in [0.1, 0.15) is 0 Å². The Hall–Kier alpha value is -0.380. The highest BCUT2D eigenvalue weighted by atomic mass is 32.1. The van der Waals surface area contributed by atoms with Crippen LogP contribution < -0.4 is 5.32 Å². The molecule has 2 nitrogen and oxygen atoms in total. The minimum atomic E-state index is 0.653. The fourth-order valence-corrected chi connectivity index (χ4v) is 4.58. The first-order chi connectivity index (χ1) is 9.16. The molecule has 0 aromatic carbocycles. The highest BCUT2D eigenvalue weighted by Crippen LogP contribution is 2.38. The predicted octanol–water partition coefficient (Wildman–Crippen LogP) is 3.44. The van der Waals surface area contributed by atoms with Crippen molar-refractivity contribution in [3.05, 3.63) is 21.9 Å². The molecule has 3 atom stereocenters. The molecule has 0 saturated carbocycles. The molecular formula is C16H26N2S.